The second-order valence-electron chi connectivity index (χ2n) is 12.2. The highest BCUT2D eigenvalue weighted by atomic mass is 31.2. The summed E-state index contributed by atoms with van der Waals surface area (Å²) in [4.78, 5) is 46.9. The molecule has 6 rings (SSSR count). The molecule has 3 saturated heterocycles. The third-order valence-corrected chi connectivity index (χ3v) is 11.4. The molecule has 3 aliphatic carbocycles. The van der Waals surface area contributed by atoms with Crippen LogP contribution in [0.15, 0.2) is 0 Å². The number of carbonyl (C=O) groups is 3. The monoisotopic (exact) mass is 493 g/mol. The molecular formula is C24H36N3O6P. The maximum atomic E-state index is 14.3. The van der Waals surface area contributed by atoms with Crippen molar-refractivity contribution in [2.24, 2.45) is 17.8 Å². The Bertz CT molecular complexity index is 998. The van der Waals surface area contributed by atoms with Crippen LogP contribution >= 0.6 is 7.60 Å². The first kappa shape index (κ1) is 23.1. The van der Waals surface area contributed by atoms with Crippen molar-refractivity contribution >= 4 is 25.1 Å². The highest BCUT2D eigenvalue weighted by Gasteiger charge is 2.75. The van der Waals surface area contributed by atoms with Gasteiger partial charge >= 0.3 is 19.5 Å². The Morgan fingerprint density at radius 2 is 0.912 bits per heavy atom. The zero-order valence-electron chi connectivity index (χ0n) is 20.9. The molecule has 9 nitrogen and oxygen atoms in total. The molecule has 3 aliphatic heterocycles. The van der Waals surface area contributed by atoms with E-state index in [-0.39, 0.29) is 35.9 Å². The fourth-order valence-electron chi connectivity index (χ4n) is 6.75. The van der Waals surface area contributed by atoms with Gasteiger partial charge in [0, 0.05) is 37.8 Å². The zero-order valence-corrected chi connectivity index (χ0v) is 21.8. The van der Waals surface area contributed by atoms with Crippen molar-refractivity contribution in [1.82, 2.24) is 14.7 Å². The summed E-state index contributed by atoms with van der Waals surface area (Å²) in [5.41, 5.74) is -3.42. The van der Waals surface area contributed by atoms with Crippen LogP contribution in [0.5, 0.6) is 0 Å². The van der Waals surface area contributed by atoms with Gasteiger partial charge in [-0.15, -0.1) is 0 Å². The van der Waals surface area contributed by atoms with Crippen LogP contribution in [0, 0.1) is 17.8 Å². The normalized spacial score (nSPS) is 55.4. The summed E-state index contributed by atoms with van der Waals surface area (Å²) >= 11 is 0. The molecule has 3 heterocycles. The van der Waals surface area contributed by atoms with Crippen LogP contribution in [-0.2, 0) is 28.0 Å². The number of nitrogens with zero attached hydrogens (tertiary/aromatic N) is 3. The first-order valence-electron chi connectivity index (χ1n) is 12.8. The Morgan fingerprint density at radius 3 is 1.15 bits per heavy atom. The highest BCUT2D eigenvalue weighted by Crippen LogP contribution is 2.67. The minimum atomic E-state index is -4.72. The summed E-state index contributed by atoms with van der Waals surface area (Å²) in [5, 5.41) is 0. The second kappa shape index (κ2) is 6.72. The molecule has 0 spiro atoms. The minimum absolute atomic E-state index is 0.0299. The predicted molar refractivity (Wildman–Crippen MR) is 123 cm³/mol. The van der Waals surface area contributed by atoms with E-state index < -0.39 is 41.7 Å². The number of hydrogen-bond acceptors (Lipinski definition) is 9. The molecule has 0 N–H and O–H groups in total. The van der Waals surface area contributed by atoms with Crippen molar-refractivity contribution in [3.8, 4) is 0 Å². The lowest BCUT2D eigenvalue weighted by molar-refractivity contribution is -0.147. The quantitative estimate of drug-likeness (QED) is 0.354. The summed E-state index contributed by atoms with van der Waals surface area (Å²) in [6.07, 6.45) is 1.72. The van der Waals surface area contributed by atoms with E-state index in [0.717, 1.165) is 19.6 Å². The molecule has 0 aromatic carbocycles. The van der Waals surface area contributed by atoms with Gasteiger partial charge in [0.2, 0.25) is 0 Å². The van der Waals surface area contributed by atoms with Gasteiger partial charge in [0.25, 0.3) is 5.52 Å². The van der Waals surface area contributed by atoms with Crippen LogP contribution in [0.4, 0.5) is 0 Å². The standard InChI is InChI=1S/C24H36N3O6P/c1-13-7-22(13,25-10-16(25)4)19(28)32-34(31,21(30)24(9-15(24)3)27-12-18(27)6)33-20(29)23(8-14(23)2)26-11-17(26)5/h13-18H,7-12H2,1-6H3/t13?,14?,15?,16?,17?,18?,22-,23-,24-,25?,26?,27?,34?/m1/s1. The molecule has 0 bridgehead atoms. The van der Waals surface area contributed by atoms with Gasteiger partial charge in [-0.2, -0.15) is 0 Å². The summed E-state index contributed by atoms with van der Waals surface area (Å²) in [6.45, 7) is 14.1. The van der Waals surface area contributed by atoms with Crippen molar-refractivity contribution in [3.63, 3.8) is 0 Å². The first-order chi connectivity index (χ1) is 15.8. The van der Waals surface area contributed by atoms with Gasteiger partial charge in [-0.05, 0) is 57.8 Å². The van der Waals surface area contributed by atoms with Crippen molar-refractivity contribution in [3.05, 3.63) is 0 Å². The number of hydrogen-bond donors (Lipinski definition) is 0. The molecule has 12 atom stereocenters. The Morgan fingerprint density at radius 1 is 0.647 bits per heavy atom. The topological polar surface area (TPSA) is 95.8 Å². The van der Waals surface area contributed by atoms with Gasteiger partial charge in [0.15, 0.2) is 0 Å². The van der Waals surface area contributed by atoms with E-state index in [1.165, 1.54) is 0 Å². The lowest BCUT2D eigenvalue weighted by Gasteiger charge is -2.27. The molecule has 0 amide bonds. The van der Waals surface area contributed by atoms with Crippen LogP contribution in [0.25, 0.3) is 0 Å². The molecule has 34 heavy (non-hydrogen) atoms. The molecule has 10 heteroatoms. The molecule has 9 unspecified atom stereocenters. The minimum Gasteiger partial charge on any atom is -0.376 e. The summed E-state index contributed by atoms with van der Waals surface area (Å²) in [5.74, 6) is -1.32. The maximum absolute atomic E-state index is 14.3. The highest BCUT2D eigenvalue weighted by molar-refractivity contribution is 7.73. The predicted octanol–water partition coefficient (Wildman–Crippen LogP) is 2.24. The molecule has 188 valence electrons. The maximum Gasteiger partial charge on any atom is 0.504 e. The Hall–Kier alpha value is -1.28. The van der Waals surface area contributed by atoms with E-state index in [9.17, 15) is 18.9 Å². The van der Waals surface area contributed by atoms with Crippen LogP contribution < -0.4 is 0 Å². The third kappa shape index (κ3) is 2.96. The summed E-state index contributed by atoms with van der Waals surface area (Å²) < 4.78 is 25.6. The largest absolute Gasteiger partial charge is 0.504 e. The van der Waals surface area contributed by atoms with Crippen molar-refractivity contribution in [2.75, 3.05) is 19.6 Å². The summed E-state index contributed by atoms with van der Waals surface area (Å²) in [7, 11) is -4.72. The fraction of sp³-hybridized carbons (Fsp3) is 0.875. The average molecular weight is 494 g/mol. The smallest absolute Gasteiger partial charge is 0.376 e. The van der Waals surface area contributed by atoms with Gasteiger partial charge in [0.05, 0.1) is 5.54 Å². The van der Waals surface area contributed by atoms with E-state index in [1.54, 1.807) is 0 Å². The molecular weight excluding hydrogens is 457 g/mol. The van der Waals surface area contributed by atoms with Gasteiger partial charge < -0.3 is 9.05 Å². The number of carbonyl (C=O) groups excluding carboxylic acids is 3. The van der Waals surface area contributed by atoms with Crippen LogP contribution in [0.2, 0.25) is 0 Å². The Kier molecular flexibility index (Phi) is 4.58. The second-order valence-corrected chi connectivity index (χ2v) is 13.9. The van der Waals surface area contributed by atoms with E-state index in [0.29, 0.717) is 19.3 Å². The third-order valence-electron chi connectivity index (χ3n) is 9.67. The first-order valence-corrected chi connectivity index (χ1v) is 14.3. The molecule has 0 aromatic rings. The number of rotatable bonds is 9. The Balaban J connectivity index is 1.30. The Labute approximate surface area is 201 Å². The van der Waals surface area contributed by atoms with Gasteiger partial charge in [-0.25, -0.2) is 14.2 Å². The molecule has 6 fully saturated rings. The lowest BCUT2D eigenvalue weighted by atomic mass is 10.2. The SMILES string of the molecule is CC1CN1[C@]1(C(=O)OP(=O)(OC(=O)[C@@]2(N3CC3C)CC2C)C(=O)[C@@]2(N3CC3C)CC2C)CC1C. The summed E-state index contributed by atoms with van der Waals surface area (Å²) in [6, 6.07) is 0.668. The van der Waals surface area contributed by atoms with E-state index in [4.69, 9.17) is 9.05 Å². The molecule has 3 saturated carbocycles. The molecule has 0 aromatic heterocycles. The fourth-order valence-corrected chi connectivity index (χ4v) is 8.62. The van der Waals surface area contributed by atoms with Crippen LogP contribution in [-0.4, -0.2) is 86.5 Å². The van der Waals surface area contributed by atoms with Crippen LogP contribution in [0.1, 0.15) is 60.8 Å². The van der Waals surface area contributed by atoms with Crippen molar-refractivity contribution < 1.29 is 28.0 Å². The van der Waals surface area contributed by atoms with Gasteiger partial charge in [0.1, 0.15) is 11.1 Å². The van der Waals surface area contributed by atoms with Crippen molar-refractivity contribution in [1.29, 1.82) is 0 Å². The molecule has 0 radical (unpaired) electrons. The van der Waals surface area contributed by atoms with Crippen LogP contribution in [0.3, 0.4) is 0 Å². The average Bonchev–Trinajstić information content (AvgIpc) is 3.48. The lowest BCUT2D eigenvalue weighted by Crippen LogP contribution is -2.42. The zero-order chi connectivity index (χ0) is 24.6. The van der Waals surface area contributed by atoms with E-state index >= 15 is 0 Å². The van der Waals surface area contributed by atoms with E-state index in [2.05, 4.69) is 0 Å². The van der Waals surface area contributed by atoms with Gasteiger partial charge in [-0.3, -0.25) is 19.5 Å². The van der Waals surface area contributed by atoms with Crippen molar-refractivity contribution in [2.45, 2.75) is 95.5 Å². The molecule has 6 aliphatic rings. The van der Waals surface area contributed by atoms with E-state index in [1.807, 2.05) is 56.2 Å². The van der Waals surface area contributed by atoms with Gasteiger partial charge in [-0.1, -0.05) is 20.8 Å².